The molecule has 1 aliphatic carbocycles. The lowest BCUT2D eigenvalue weighted by Gasteiger charge is -2.39. The Labute approximate surface area is 121 Å². The number of nitriles is 1. The van der Waals surface area contributed by atoms with Gasteiger partial charge in [0.2, 0.25) is 0 Å². The number of hydrogen-bond acceptors (Lipinski definition) is 4. The largest absolute Gasteiger partial charge is 0.469 e. The standard InChI is InChI=1S/C15H25NO2S/c1-15(2,3)12-6-5-11(10-16)13(9-12)19-8-7-14(17)18-4/h11-13H,5-9H2,1-4H3. The maximum atomic E-state index is 11.1. The fourth-order valence-electron chi connectivity index (χ4n) is 2.64. The van der Waals surface area contributed by atoms with Crippen LogP contribution in [0.3, 0.4) is 0 Å². The van der Waals surface area contributed by atoms with Gasteiger partial charge >= 0.3 is 5.97 Å². The van der Waals surface area contributed by atoms with E-state index >= 15 is 0 Å². The van der Waals surface area contributed by atoms with Gasteiger partial charge in [0.1, 0.15) is 0 Å². The van der Waals surface area contributed by atoms with Crippen LogP contribution in [0.5, 0.6) is 0 Å². The molecule has 0 aromatic carbocycles. The Kier molecular flexibility index (Phi) is 6.19. The minimum atomic E-state index is -0.163. The van der Waals surface area contributed by atoms with Crippen LogP contribution in [-0.4, -0.2) is 24.1 Å². The van der Waals surface area contributed by atoms with E-state index in [2.05, 4.69) is 31.6 Å². The van der Waals surface area contributed by atoms with Crippen LogP contribution in [-0.2, 0) is 9.53 Å². The molecule has 0 heterocycles. The van der Waals surface area contributed by atoms with Gasteiger partial charge in [0.25, 0.3) is 0 Å². The first kappa shape index (κ1) is 16.4. The fraction of sp³-hybridized carbons (Fsp3) is 0.867. The van der Waals surface area contributed by atoms with E-state index in [-0.39, 0.29) is 11.9 Å². The molecule has 1 saturated carbocycles. The number of nitrogens with zero attached hydrogens (tertiary/aromatic N) is 1. The van der Waals surface area contributed by atoms with Crippen LogP contribution in [0, 0.1) is 28.6 Å². The lowest BCUT2D eigenvalue weighted by atomic mass is 9.70. The van der Waals surface area contributed by atoms with E-state index in [0.29, 0.717) is 23.0 Å². The van der Waals surface area contributed by atoms with Gasteiger partial charge in [-0.15, -0.1) is 0 Å². The molecule has 0 aliphatic heterocycles. The van der Waals surface area contributed by atoms with Crippen LogP contribution in [0.2, 0.25) is 0 Å². The summed E-state index contributed by atoms with van der Waals surface area (Å²) in [7, 11) is 1.42. The van der Waals surface area contributed by atoms with Gasteiger partial charge in [-0.3, -0.25) is 4.79 Å². The van der Waals surface area contributed by atoms with Crippen LogP contribution < -0.4 is 0 Å². The van der Waals surface area contributed by atoms with E-state index in [0.717, 1.165) is 25.0 Å². The zero-order chi connectivity index (χ0) is 14.5. The molecule has 1 fully saturated rings. The van der Waals surface area contributed by atoms with Crippen LogP contribution in [0.25, 0.3) is 0 Å². The smallest absolute Gasteiger partial charge is 0.306 e. The van der Waals surface area contributed by atoms with Gasteiger partial charge in [-0.1, -0.05) is 20.8 Å². The summed E-state index contributed by atoms with van der Waals surface area (Å²) in [6.45, 7) is 6.83. The second-order valence-electron chi connectivity index (χ2n) is 6.35. The molecule has 0 bridgehead atoms. The zero-order valence-corrected chi connectivity index (χ0v) is 13.3. The third kappa shape index (κ3) is 5.06. The maximum Gasteiger partial charge on any atom is 0.306 e. The molecule has 0 saturated heterocycles. The van der Waals surface area contributed by atoms with Crippen molar-refractivity contribution in [1.29, 1.82) is 5.26 Å². The molecule has 0 aromatic rings. The molecule has 3 nitrogen and oxygen atoms in total. The first-order valence-corrected chi connectivity index (χ1v) is 8.01. The van der Waals surface area contributed by atoms with Gasteiger partial charge in [0.05, 0.1) is 25.5 Å². The number of methoxy groups -OCH3 is 1. The first-order chi connectivity index (χ1) is 8.88. The van der Waals surface area contributed by atoms with Gasteiger partial charge < -0.3 is 4.74 Å². The molecule has 108 valence electrons. The molecule has 19 heavy (non-hydrogen) atoms. The van der Waals surface area contributed by atoms with Crippen molar-refractivity contribution in [3.05, 3.63) is 0 Å². The molecule has 0 aromatic heterocycles. The Balaban J connectivity index is 2.51. The highest BCUT2D eigenvalue weighted by molar-refractivity contribution is 7.99. The number of carbonyl (C=O) groups is 1. The predicted molar refractivity (Wildman–Crippen MR) is 78.8 cm³/mol. The monoisotopic (exact) mass is 283 g/mol. The van der Waals surface area contributed by atoms with E-state index in [1.807, 2.05) is 0 Å². The summed E-state index contributed by atoms with van der Waals surface area (Å²) in [5.74, 6) is 1.41. The number of rotatable bonds is 4. The van der Waals surface area contributed by atoms with E-state index < -0.39 is 0 Å². The Bertz CT molecular complexity index is 343. The summed E-state index contributed by atoms with van der Waals surface area (Å²) in [4.78, 5) is 11.1. The summed E-state index contributed by atoms with van der Waals surface area (Å²) in [6, 6.07) is 2.44. The first-order valence-electron chi connectivity index (χ1n) is 6.96. The van der Waals surface area contributed by atoms with Crippen molar-refractivity contribution in [3.63, 3.8) is 0 Å². The van der Waals surface area contributed by atoms with Crippen molar-refractivity contribution in [2.75, 3.05) is 12.9 Å². The van der Waals surface area contributed by atoms with Crippen molar-refractivity contribution in [2.24, 2.45) is 17.3 Å². The molecule has 0 radical (unpaired) electrons. The Morgan fingerprint density at radius 3 is 2.63 bits per heavy atom. The Morgan fingerprint density at radius 2 is 2.11 bits per heavy atom. The van der Waals surface area contributed by atoms with E-state index in [1.165, 1.54) is 7.11 Å². The minimum absolute atomic E-state index is 0.140. The number of ether oxygens (including phenoxy) is 1. The Morgan fingerprint density at radius 1 is 1.42 bits per heavy atom. The number of carbonyl (C=O) groups excluding carboxylic acids is 1. The molecule has 4 heteroatoms. The highest BCUT2D eigenvalue weighted by Crippen LogP contribution is 2.43. The fourth-order valence-corrected chi connectivity index (χ4v) is 4.03. The molecule has 0 amide bonds. The summed E-state index contributed by atoms with van der Waals surface area (Å²) in [6.07, 6.45) is 3.67. The van der Waals surface area contributed by atoms with Gasteiger partial charge in [-0.05, 0) is 30.6 Å². The zero-order valence-electron chi connectivity index (χ0n) is 12.4. The van der Waals surface area contributed by atoms with Crippen molar-refractivity contribution < 1.29 is 9.53 Å². The highest BCUT2D eigenvalue weighted by Gasteiger charge is 2.36. The third-order valence-electron chi connectivity index (χ3n) is 4.05. The van der Waals surface area contributed by atoms with E-state index in [1.54, 1.807) is 11.8 Å². The van der Waals surface area contributed by atoms with Crippen molar-refractivity contribution in [3.8, 4) is 6.07 Å². The van der Waals surface area contributed by atoms with Crippen LogP contribution >= 0.6 is 11.8 Å². The topological polar surface area (TPSA) is 50.1 Å². The number of esters is 1. The normalized spacial score (nSPS) is 27.6. The molecule has 1 aliphatic rings. The second kappa shape index (κ2) is 7.19. The minimum Gasteiger partial charge on any atom is -0.469 e. The van der Waals surface area contributed by atoms with Gasteiger partial charge in [-0.2, -0.15) is 17.0 Å². The van der Waals surface area contributed by atoms with Gasteiger partial charge in [0, 0.05) is 11.0 Å². The van der Waals surface area contributed by atoms with Gasteiger partial charge in [0.15, 0.2) is 0 Å². The number of hydrogen-bond donors (Lipinski definition) is 0. The van der Waals surface area contributed by atoms with Crippen molar-refractivity contribution in [1.82, 2.24) is 0 Å². The molecular weight excluding hydrogens is 258 g/mol. The summed E-state index contributed by atoms with van der Waals surface area (Å²) >= 11 is 1.77. The molecule has 0 N–H and O–H groups in total. The number of thioether (sulfide) groups is 1. The van der Waals surface area contributed by atoms with E-state index in [4.69, 9.17) is 0 Å². The lowest BCUT2D eigenvalue weighted by molar-refractivity contribution is -0.140. The highest BCUT2D eigenvalue weighted by atomic mass is 32.2. The molecule has 3 atom stereocenters. The predicted octanol–water partition coefficient (Wildman–Crippen LogP) is 3.64. The molecule has 3 unspecified atom stereocenters. The van der Waals surface area contributed by atoms with Crippen molar-refractivity contribution in [2.45, 2.75) is 51.7 Å². The average Bonchev–Trinajstić information content (AvgIpc) is 2.37. The summed E-state index contributed by atoms with van der Waals surface area (Å²) < 4.78 is 4.65. The van der Waals surface area contributed by atoms with Crippen LogP contribution in [0.1, 0.15) is 46.5 Å². The summed E-state index contributed by atoms with van der Waals surface area (Å²) in [5.41, 5.74) is 0.307. The van der Waals surface area contributed by atoms with Crippen molar-refractivity contribution >= 4 is 17.7 Å². The Hall–Kier alpha value is -0.690. The maximum absolute atomic E-state index is 11.1. The SMILES string of the molecule is COC(=O)CCSC1CC(C(C)(C)C)CCC1C#N. The average molecular weight is 283 g/mol. The van der Waals surface area contributed by atoms with Crippen LogP contribution in [0.15, 0.2) is 0 Å². The quantitative estimate of drug-likeness (QED) is 0.739. The summed E-state index contributed by atoms with van der Waals surface area (Å²) in [5, 5.41) is 9.62. The second-order valence-corrected chi connectivity index (χ2v) is 7.69. The molecular formula is C15H25NO2S. The van der Waals surface area contributed by atoms with E-state index in [9.17, 15) is 10.1 Å². The third-order valence-corrected chi connectivity index (χ3v) is 5.44. The van der Waals surface area contributed by atoms with Crippen LogP contribution in [0.4, 0.5) is 0 Å². The molecule has 1 rings (SSSR count). The lowest BCUT2D eigenvalue weighted by Crippen LogP contribution is -2.33. The molecule has 0 spiro atoms. The van der Waals surface area contributed by atoms with Gasteiger partial charge in [-0.25, -0.2) is 0 Å².